The number of nitrogens with zero attached hydrogens (tertiary/aromatic N) is 4. The molecule has 1 aliphatic heterocycles. The molecule has 3 heterocycles. The number of hydrogen-bond acceptors (Lipinski definition) is 6. The molecule has 3 rings (SSSR count). The number of aromatic nitrogens is 3. The summed E-state index contributed by atoms with van der Waals surface area (Å²) in [5.74, 6) is -1.09. The number of hydrogen-bond donors (Lipinski definition) is 1. The van der Waals surface area contributed by atoms with Crippen LogP contribution in [-0.2, 0) is 4.79 Å². The minimum atomic E-state index is -2.04. The van der Waals surface area contributed by atoms with E-state index in [1.54, 1.807) is 5.38 Å². The minimum absolute atomic E-state index is 0.0188. The van der Waals surface area contributed by atoms with Crippen LogP contribution in [0.4, 0.5) is 19.9 Å². The number of carbonyl (C=O) groups excluding carboxylic acids is 1. The van der Waals surface area contributed by atoms with Gasteiger partial charge < -0.3 is 4.90 Å². The lowest BCUT2D eigenvalue weighted by molar-refractivity contribution is -0.126. The summed E-state index contributed by atoms with van der Waals surface area (Å²) in [5, 5.41) is 4.49. The zero-order valence-electron chi connectivity index (χ0n) is 10.8. The number of anilines is 2. The molecule has 21 heavy (non-hydrogen) atoms. The first kappa shape index (κ1) is 13.8. The largest absolute Gasteiger partial charge is 0.337 e. The smallest absolute Gasteiger partial charge is 0.265 e. The third-order valence-corrected chi connectivity index (χ3v) is 3.86. The van der Waals surface area contributed by atoms with Gasteiger partial charge in [0.25, 0.3) is 5.91 Å². The van der Waals surface area contributed by atoms with Crippen molar-refractivity contribution in [1.82, 2.24) is 15.0 Å². The maximum Gasteiger partial charge on any atom is 0.265 e. The van der Waals surface area contributed by atoms with Crippen LogP contribution in [0.1, 0.15) is 6.42 Å². The van der Waals surface area contributed by atoms with Gasteiger partial charge in [-0.3, -0.25) is 10.1 Å². The Morgan fingerprint density at radius 2 is 2.14 bits per heavy atom. The van der Waals surface area contributed by atoms with E-state index in [1.807, 2.05) is 0 Å². The van der Waals surface area contributed by atoms with Crippen LogP contribution in [0, 0.1) is 5.82 Å². The molecular weight excluding hydrogens is 300 g/mol. The Kier molecular flexibility index (Phi) is 3.50. The molecule has 0 bridgehead atoms. The molecule has 1 fully saturated rings. The van der Waals surface area contributed by atoms with Gasteiger partial charge in [-0.05, 0) is 0 Å². The van der Waals surface area contributed by atoms with Gasteiger partial charge in [0.1, 0.15) is 0 Å². The monoisotopic (exact) mass is 311 g/mol. The van der Waals surface area contributed by atoms with E-state index in [-0.39, 0.29) is 25.5 Å². The molecule has 2 aromatic rings. The van der Waals surface area contributed by atoms with Crippen molar-refractivity contribution in [2.45, 2.75) is 12.1 Å². The van der Waals surface area contributed by atoms with Crippen molar-refractivity contribution in [3.8, 4) is 0 Å². The molecule has 1 atom stereocenters. The fraction of sp³-hybridized carbons (Fsp3) is 0.333. The van der Waals surface area contributed by atoms with E-state index in [2.05, 4.69) is 20.3 Å². The number of rotatable bonds is 3. The average Bonchev–Trinajstić information content (AvgIpc) is 3.10. The molecule has 110 valence electrons. The van der Waals surface area contributed by atoms with Gasteiger partial charge in [0.15, 0.2) is 10.9 Å². The normalized spacial score (nSPS) is 21.5. The van der Waals surface area contributed by atoms with Crippen molar-refractivity contribution in [3.63, 3.8) is 0 Å². The van der Waals surface area contributed by atoms with Crippen LogP contribution in [0.15, 0.2) is 24.0 Å². The van der Waals surface area contributed by atoms with Crippen molar-refractivity contribution >= 4 is 28.3 Å². The van der Waals surface area contributed by atoms with Crippen LogP contribution < -0.4 is 10.2 Å². The molecular formula is C12H11F2N5OS. The zero-order valence-corrected chi connectivity index (χ0v) is 11.6. The van der Waals surface area contributed by atoms with Crippen LogP contribution in [0.2, 0.25) is 0 Å². The first-order chi connectivity index (χ1) is 10.1. The Bertz CT molecular complexity index is 636. The molecule has 1 unspecified atom stereocenters. The maximum absolute atomic E-state index is 14.7. The molecule has 9 heteroatoms. The highest BCUT2D eigenvalue weighted by molar-refractivity contribution is 7.13. The standard InChI is InChI=1S/C12H11F2N5OS/c13-8-5-16-10(17-6-8)19-3-1-12(14,7-19)9(20)18-11-15-2-4-21-11/h2,4-6H,1,3,7H2,(H,15,18,20). The summed E-state index contributed by atoms with van der Waals surface area (Å²) in [5.41, 5.74) is -2.04. The maximum atomic E-state index is 14.7. The van der Waals surface area contributed by atoms with E-state index >= 15 is 0 Å². The van der Waals surface area contributed by atoms with E-state index in [0.717, 1.165) is 12.4 Å². The molecule has 1 saturated heterocycles. The van der Waals surface area contributed by atoms with Gasteiger partial charge in [0, 0.05) is 24.5 Å². The minimum Gasteiger partial charge on any atom is -0.337 e. The Morgan fingerprint density at radius 3 is 2.81 bits per heavy atom. The van der Waals surface area contributed by atoms with Crippen molar-refractivity contribution < 1.29 is 13.6 Å². The molecule has 0 radical (unpaired) electrons. The Morgan fingerprint density at radius 1 is 1.38 bits per heavy atom. The number of halogens is 2. The molecule has 0 aromatic carbocycles. The summed E-state index contributed by atoms with van der Waals surface area (Å²) in [6.07, 6.45) is 3.57. The van der Waals surface area contributed by atoms with Crippen LogP contribution >= 0.6 is 11.3 Å². The number of carbonyl (C=O) groups is 1. The van der Waals surface area contributed by atoms with E-state index in [9.17, 15) is 13.6 Å². The first-order valence-electron chi connectivity index (χ1n) is 6.19. The Balaban J connectivity index is 1.69. The number of thiazole rings is 1. The van der Waals surface area contributed by atoms with Crippen molar-refractivity contribution in [3.05, 3.63) is 29.8 Å². The second-order valence-corrected chi connectivity index (χ2v) is 5.52. The Labute approximate surface area is 122 Å². The molecule has 0 saturated carbocycles. The lowest BCUT2D eigenvalue weighted by atomic mass is 10.1. The highest BCUT2D eigenvalue weighted by Gasteiger charge is 2.46. The van der Waals surface area contributed by atoms with E-state index in [0.29, 0.717) is 5.13 Å². The summed E-state index contributed by atoms with van der Waals surface area (Å²) in [6, 6.07) is 0. The molecule has 0 aliphatic carbocycles. The van der Waals surface area contributed by atoms with Crippen LogP contribution in [-0.4, -0.2) is 39.6 Å². The summed E-state index contributed by atoms with van der Waals surface area (Å²) in [7, 11) is 0. The predicted molar refractivity (Wildman–Crippen MR) is 73.4 cm³/mol. The van der Waals surface area contributed by atoms with Gasteiger partial charge in [0.05, 0.1) is 18.9 Å². The second-order valence-electron chi connectivity index (χ2n) is 4.63. The number of amides is 1. The van der Waals surface area contributed by atoms with Gasteiger partial charge in [-0.15, -0.1) is 11.3 Å². The van der Waals surface area contributed by atoms with Crippen LogP contribution in [0.3, 0.4) is 0 Å². The van der Waals surface area contributed by atoms with Crippen molar-refractivity contribution in [2.75, 3.05) is 23.3 Å². The fourth-order valence-electron chi connectivity index (χ4n) is 2.09. The van der Waals surface area contributed by atoms with E-state index in [4.69, 9.17) is 0 Å². The summed E-state index contributed by atoms with van der Waals surface area (Å²) >= 11 is 1.22. The average molecular weight is 311 g/mol. The van der Waals surface area contributed by atoms with Gasteiger partial charge in [0.2, 0.25) is 11.6 Å². The second kappa shape index (κ2) is 5.32. The molecule has 1 aliphatic rings. The lowest BCUT2D eigenvalue weighted by Crippen LogP contribution is -2.41. The van der Waals surface area contributed by atoms with Crippen molar-refractivity contribution in [1.29, 1.82) is 0 Å². The Hall–Kier alpha value is -2.16. The predicted octanol–water partition coefficient (Wildman–Crippen LogP) is 1.63. The summed E-state index contributed by atoms with van der Waals surface area (Å²) < 4.78 is 27.5. The quantitative estimate of drug-likeness (QED) is 0.933. The van der Waals surface area contributed by atoms with Crippen molar-refractivity contribution in [2.24, 2.45) is 0 Å². The van der Waals surface area contributed by atoms with Crippen LogP contribution in [0.25, 0.3) is 0 Å². The topological polar surface area (TPSA) is 71.0 Å². The first-order valence-corrected chi connectivity index (χ1v) is 7.07. The van der Waals surface area contributed by atoms with E-state index < -0.39 is 17.4 Å². The SMILES string of the molecule is O=C(Nc1nccs1)C1(F)CCN(c2ncc(F)cn2)C1. The number of alkyl halides is 1. The summed E-state index contributed by atoms with van der Waals surface area (Å²) in [4.78, 5) is 25.0. The molecule has 1 N–H and O–H groups in total. The molecule has 1 amide bonds. The number of nitrogens with one attached hydrogen (secondary N) is 1. The summed E-state index contributed by atoms with van der Waals surface area (Å²) in [6.45, 7) is 0.114. The molecule has 6 nitrogen and oxygen atoms in total. The third-order valence-electron chi connectivity index (χ3n) is 3.17. The highest BCUT2D eigenvalue weighted by Crippen LogP contribution is 2.29. The van der Waals surface area contributed by atoms with E-state index in [1.165, 1.54) is 22.4 Å². The van der Waals surface area contributed by atoms with Gasteiger partial charge in [-0.1, -0.05) is 0 Å². The van der Waals surface area contributed by atoms with Gasteiger partial charge >= 0.3 is 0 Å². The molecule has 0 spiro atoms. The highest BCUT2D eigenvalue weighted by atomic mass is 32.1. The van der Waals surface area contributed by atoms with Gasteiger partial charge in [-0.2, -0.15) is 0 Å². The zero-order chi connectivity index (χ0) is 14.9. The lowest BCUT2D eigenvalue weighted by Gasteiger charge is -2.19. The van der Waals surface area contributed by atoms with Gasteiger partial charge in [-0.25, -0.2) is 23.7 Å². The van der Waals surface area contributed by atoms with Crippen LogP contribution in [0.5, 0.6) is 0 Å². The molecule has 2 aromatic heterocycles. The third kappa shape index (κ3) is 2.82. The fourth-order valence-corrected chi connectivity index (χ4v) is 2.62.